The highest BCUT2D eigenvalue weighted by atomic mass is 19.1. The van der Waals surface area contributed by atoms with Gasteiger partial charge in [-0.2, -0.15) is 0 Å². The summed E-state index contributed by atoms with van der Waals surface area (Å²) < 4.78 is 15.6. The Hall–Kier alpha value is -3.13. The fourth-order valence-corrected chi connectivity index (χ4v) is 3.11. The molecule has 0 saturated heterocycles. The lowest BCUT2D eigenvalue weighted by molar-refractivity contribution is 0.0949. The molecule has 138 valence electrons. The van der Waals surface area contributed by atoms with Crippen LogP contribution >= 0.6 is 0 Å². The number of halogens is 1. The van der Waals surface area contributed by atoms with Crippen molar-refractivity contribution >= 4 is 16.9 Å². The number of aromatic nitrogens is 2. The maximum atomic E-state index is 13.6. The Balaban J connectivity index is 1.46. The van der Waals surface area contributed by atoms with Gasteiger partial charge in [0.05, 0.1) is 23.1 Å². The summed E-state index contributed by atoms with van der Waals surface area (Å²) in [7, 11) is 0. The Morgan fingerprint density at radius 1 is 1.11 bits per heavy atom. The van der Waals surface area contributed by atoms with Gasteiger partial charge < -0.3 is 9.88 Å². The maximum absolute atomic E-state index is 13.6. The Morgan fingerprint density at radius 2 is 1.89 bits per heavy atom. The van der Waals surface area contributed by atoms with Crippen LogP contribution in [0.15, 0.2) is 48.5 Å². The lowest BCUT2D eigenvalue weighted by Crippen LogP contribution is -2.25. The van der Waals surface area contributed by atoms with Crippen LogP contribution in [0.1, 0.15) is 35.4 Å². The molecule has 0 unspecified atom stereocenters. The number of carbonyl (C=O) groups excluding carboxylic acids is 1. The Bertz CT molecular complexity index is 971. The summed E-state index contributed by atoms with van der Waals surface area (Å²) in [6.45, 7) is 1.03. The zero-order valence-corrected chi connectivity index (χ0v) is 15.1. The van der Waals surface area contributed by atoms with Crippen molar-refractivity contribution in [2.45, 2.75) is 32.2 Å². The first-order valence-corrected chi connectivity index (χ1v) is 9.11. The minimum absolute atomic E-state index is 0.0838. The average molecular weight is 363 g/mol. The van der Waals surface area contributed by atoms with Crippen molar-refractivity contribution in [2.24, 2.45) is 0 Å². The molecule has 0 aliphatic heterocycles. The van der Waals surface area contributed by atoms with Crippen LogP contribution in [0.4, 0.5) is 4.39 Å². The molecule has 3 rings (SSSR count). The molecule has 0 atom stereocenters. The summed E-state index contributed by atoms with van der Waals surface area (Å²) in [6, 6.07) is 14.0. The minimum atomic E-state index is -0.498. The topological polar surface area (TPSA) is 46.9 Å². The van der Waals surface area contributed by atoms with Crippen LogP contribution in [0.3, 0.4) is 0 Å². The SMILES string of the molecule is C#CCn1c(CCCCCNC(=O)c2ccccc2F)nc2ccccc21. The number of benzene rings is 2. The Labute approximate surface area is 158 Å². The van der Waals surface area contributed by atoms with Crippen molar-refractivity contribution in [3.63, 3.8) is 0 Å². The number of hydrogen-bond acceptors (Lipinski definition) is 2. The third-order valence-corrected chi connectivity index (χ3v) is 4.46. The second kappa shape index (κ2) is 9.00. The second-order valence-corrected chi connectivity index (χ2v) is 6.35. The normalized spacial score (nSPS) is 10.7. The van der Waals surface area contributed by atoms with Gasteiger partial charge in [-0.15, -0.1) is 6.42 Å². The van der Waals surface area contributed by atoms with E-state index in [2.05, 4.69) is 20.8 Å². The van der Waals surface area contributed by atoms with E-state index in [9.17, 15) is 9.18 Å². The van der Waals surface area contributed by atoms with Crippen molar-refractivity contribution in [1.29, 1.82) is 0 Å². The first-order chi connectivity index (χ1) is 13.2. The average Bonchev–Trinajstić information content (AvgIpc) is 3.03. The zero-order valence-electron chi connectivity index (χ0n) is 15.1. The van der Waals surface area contributed by atoms with E-state index in [4.69, 9.17) is 6.42 Å². The molecule has 5 heteroatoms. The summed E-state index contributed by atoms with van der Waals surface area (Å²) >= 11 is 0. The molecule has 0 aliphatic rings. The van der Waals surface area contributed by atoms with E-state index >= 15 is 0 Å². The van der Waals surface area contributed by atoms with Gasteiger partial charge in [0, 0.05) is 13.0 Å². The van der Waals surface area contributed by atoms with E-state index in [1.54, 1.807) is 12.1 Å². The van der Waals surface area contributed by atoms with E-state index in [-0.39, 0.29) is 11.5 Å². The summed E-state index contributed by atoms with van der Waals surface area (Å²) in [6.07, 6.45) is 9.04. The second-order valence-electron chi connectivity index (χ2n) is 6.35. The number of imidazole rings is 1. The number of nitrogens with zero attached hydrogens (tertiary/aromatic N) is 2. The molecule has 2 aromatic carbocycles. The molecule has 1 N–H and O–H groups in total. The van der Waals surface area contributed by atoms with Crippen molar-refractivity contribution < 1.29 is 9.18 Å². The fraction of sp³-hybridized carbons (Fsp3) is 0.273. The minimum Gasteiger partial charge on any atom is -0.352 e. The summed E-state index contributed by atoms with van der Waals surface area (Å²) in [5, 5.41) is 2.77. The molecule has 0 radical (unpaired) electrons. The quantitative estimate of drug-likeness (QED) is 0.487. The van der Waals surface area contributed by atoms with Gasteiger partial charge in [-0.25, -0.2) is 9.37 Å². The molecule has 0 fully saturated rings. The van der Waals surface area contributed by atoms with E-state index in [1.807, 2.05) is 24.3 Å². The smallest absolute Gasteiger partial charge is 0.254 e. The first kappa shape index (κ1) is 18.7. The number of nitrogens with one attached hydrogen (secondary N) is 1. The largest absolute Gasteiger partial charge is 0.352 e. The van der Waals surface area contributed by atoms with Crippen LogP contribution < -0.4 is 5.32 Å². The van der Waals surface area contributed by atoms with Crippen molar-refractivity contribution in [1.82, 2.24) is 14.9 Å². The number of carbonyl (C=O) groups is 1. The molecule has 0 saturated carbocycles. The molecule has 27 heavy (non-hydrogen) atoms. The van der Waals surface area contributed by atoms with Gasteiger partial charge in [0.25, 0.3) is 5.91 Å². The van der Waals surface area contributed by atoms with Gasteiger partial charge in [-0.3, -0.25) is 4.79 Å². The molecule has 0 aliphatic carbocycles. The molecular formula is C22H22FN3O. The highest BCUT2D eigenvalue weighted by molar-refractivity contribution is 5.94. The predicted molar refractivity (Wildman–Crippen MR) is 105 cm³/mol. The fourth-order valence-electron chi connectivity index (χ4n) is 3.11. The predicted octanol–water partition coefficient (Wildman–Crippen LogP) is 3.95. The van der Waals surface area contributed by atoms with Gasteiger partial charge in [0.1, 0.15) is 11.6 Å². The van der Waals surface area contributed by atoms with Gasteiger partial charge in [-0.05, 0) is 37.1 Å². The van der Waals surface area contributed by atoms with E-state index in [1.165, 1.54) is 12.1 Å². The van der Waals surface area contributed by atoms with Crippen LogP contribution in [-0.4, -0.2) is 22.0 Å². The molecule has 1 aromatic heterocycles. The summed E-state index contributed by atoms with van der Waals surface area (Å²) in [5.74, 6) is 2.81. The maximum Gasteiger partial charge on any atom is 0.254 e. The number of aryl methyl sites for hydroxylation is 1. The third kappa shape index (κ3) is 4.53. The molecular weight excluding hydrogens is 341 g/mol. The number of fused-ring (bicyclic) bond motifs is 1. The molecule has 3 aromatic rings. The number of hydrogen-bond donors (Lipinski definition) is 1. The number of para-hydroxylation sites is 2. The van der Waals surface area contributed by atoms with Crippen molar-refractivity contribution in [2.75, 3.05) is 6.54 Å². The molecule has 0 spiro atoms. The summed E-state index contributed by atoms with van der Waals surface area (Å²) in [5.41, 5.74) is 2.10. The van der Waals surface area contributed by atoms with E-state index in [0.717, 1.165) is 42.5 Å². The van der Waals surface area contributed by atoms with Gasteiger partial charge in [0.15, 0.2) is 0 Å². The Kier molecular flexibility index (Phi) is 6.22. The molecule has 1 amide bonds. The van der Waals surface area contributed by atoms with Crippen LogP contribution in [0.25, 0.3) is 11.0 Å². The van der Waals surface area contributed by atoms with Crippen LogP contribution in [0, 0.1) is 18.2 Å². The van der Waals surface area contributed by atoms with Gasteiger partial charge in [-0.1, -0.05) is 36.6 Å². The van der Waals surface area contributed by atoms with Crippen molar-refractivity contribution in [3.05, 3.63) is 65.7 Å². The molecule has 1 heterocycles. The lowest BCUT2D eigenvalue weighted by Gasteiger charge is -2.07. The van der Waals surface area contributed by atoms with Gasteiger partial charge >= 0.3 is 0 Å². The van der Waals surface area contributed by atoms with Gasteiger partial charge in [0.2, 0.25) is 0 Å². The summed E-state index contributed by atoms with van der Waals surface area (Å²) in [4.78, 5) is 16.6. The Morgan fingerprint density at radius 3 is 2.70 bits per heavy atom. The standard InChI is InChI=1S/C22H22FN3O/c1-2-16-26-20-13-8-7-12-19(20)25-21(26)14-4-3-9-15-24-22(27)17-10-5-6-11-18(17)23/h1,5-8,10-13H,3-4,9,14-16H2,(H,24,27). The number of terminal acetylenes is 1. The van der Waals surface area contributed by atoms with Crippen LogP contribution in [0.2, 0.25) is 0 Å². The van der Waals surface area contributed by atoms with E-state index in [0.29, 0.717) is 13.1 Å². The number of amides is 1. The monoisotopic (exact) mass is 363 g/mol. The third-order valence-electron chi connectivity index (χ3n) is 4.46. The molecule has 0 bridgehead atoms. The number of unbranched alkanes of at least 4 members (excludes halogenated alkanes) is 2. The highest BCUT2D eigenvalue weighted by Crippen LogP contribution is 2.17. The highest BCUT2D eigenvalue weighted by Gasteiger charge is 2.11. The van der Waals surface area contributed by atoms with Crippen molar-refractivity contribution in [3.8, 4) is 12.3 Å². The number of rotatable bonds is 8. The lowest BCUT2D eigenvalue weighted by atomic mass is 10.1. The molecule has 4 nitrogen and oxygen atoms in total. The van der Waals surface area contributed by atoms with Crippen LogP contribution in [-0.2, 0) is 13.0 Å². The zero-order chi connectivity index (χ0) is 19.1. The first-order valence-electron chi connectivity index (χ1n) is 9.11. The van der Waals surface area contributed by atoms with E-state index < -0.39 is 5.82 Å². The van der Waals surface area contributed by atoms with Crippen LogP contribution in [0.5, 0.6) is 0 Å².